The van der Waals surface area contributed by atoms with Crippen molar-refractivity contribution in [2.24, 2.45) is 0 Å². The van der Waals surface area contributed by atoms with Crippen LogP contribution in [0.1, 0.15) is 155 Å². The third-order valence-corrected chi connectivity index (χ3v) is 7.72. The van der Waals surface area contributed by atoms with E-state index in [0.717, 1.165) is 83.8 Å². The maximum atomic E-state index is 12.0. The van der Waals surface area contributed by atoms with Gasteiger partial charge in [0.25, 0.3) is 0 Å². The molecule has 0 aromatic heterocycles. The highest BCUT2D eigenvalue weighted by atomic mass is 16.5. The number of carbonyl (C=O) groups excluding carboxylic acids is 2. The van der Waals surface area contributed by atoms with Crippen LogP contribution in [0, 0.1) is 0 Å². The summed E-state index contributed by atoms with van der Waals surface area (Å²) in [5.41, 5.74) is 0. The molecule has 0 spiro atoms. The molecule has 0 radical (unpaired) electrons. The van der Waals surface area contributed by atoms with Gasteiger partial charge in [-0.3, -0.25) is 9.59 Å². The molecular formula is C35H69NO6. The van der Waals surface area contributed by atoms with E-state index in [4.69, 9.17) is 18.9 Å². The number of unbranched alkanes of at least 4 members (excludes halogenated alkanes) is 16. The molecule has 7 nitrogen and oxygen atoms in total. The number of hydrogen-bond donors (Lipinski definition) is 0. The van der Waals surface area contributed by atoms with E-state index in [1.165, 1.54) is 64.2 Å². The largest absolute Gasteiger partial charge is 0.466 e. The summed E-state index contributed by atoms with van der Waals surface area (Å²) in [7, 11) is 1.69. The van der Waals surface area contributed by atoms with Crippen LogP contribution in [0.3, 0.4) is 0 Å². The van der Waals surface area contributed by atoms with E-state index in [-0.39, 0.29) is 11.9 Å². The number of rotatable bonds is 34. The lowest BCUT2D eigenvalue weighted by Gasteiger charge is -2.22. The van der Waals surface area contributed by atoms with Gasteiger partial charge in [-0.05, 0) is 51.6 Å². The Bertz CT molecular complexity index is 532. The lowest BCUT2D eigenvalue weighted by molar-refractivity contribution is -0.144. The minimum atomic E-state index is -0.0506. The molecule has 0 aliphatic carbocycles. The monoisotopic (exact) mass is 600 g/mol. The molecule has 0 heterocycles. The Balaban J connectivity index is 3.92. The predicted molar refractivity (Wildman–Crippen MR) is 174 cm³/mol. The molecule has 0 aromatic rings. The smallest absolute Gasteiger partial charge is 0.305 e. The first-order chi connectivity index (χ1) is 20.6. The maximum Gasteiger partial charge on any atom is 0.305 e. The zero-order chi connectivity index (χ0) is 30.8. The van der Waals surface area contributed by atoms with Gasteiger partial charge in [-0.2, -0.15) is 0 Å². The van der Waals surface area contributed by atoms with Crippen molar-refractivity contribution in [3.63, 3.8) is 0 Å². The Hall–Kier alpha value is -1.18. The number of methoxy groups -OCH3 is 1. The fraction of sp³-hybridized carbons (Fsp3) is 0.943. The Morgan fingerprint density at radius 2 is 0.881 bits per heavy atom. The lowest BCUT2D eigenvalue weighted by atomic mass is 10.1. The van der Waals surface area contributed by atoms with Crippen molar-refractivity contribution in [1.29, 1.82) is 0 Å². The molecule has 0 unspecified atom stereocenters. The van der Waals surface area contributed by atoms with Crippen molar-refractivity contribution < 1.29 is 28.5 Å². The van der Waals surface area contributed by atoms with Crippen molar-refractivity contribution in [2.75, 3.05) is 59.8 Å². The number of ether oxygens (including phenoxy) is 4. The van der Waals surface area contributed by atoms with Crippen LogP contribution in [-0.4, -0.2) is 76.6 Å². The predicted octanol–water partition coefficient (Wildman–Crippen LogP) is 8.66. The number of carbonyl (C=O) groups is 2. The zero-order valence-corrected chi connectivity index (χ0v) is 28.1. The molecule has 0 N–H and O–H groups in total. The summed E-state index contributed by atoms with van der Waals surface area (Å²) >= 11 is 0. The van der Waals surface area contributed by atoms with Crippen LogP contribution in [0.5, 0.6) is 0 Å². The van der Waals surface area contributed by atoms with Crippen LogP contribution in [0.2, 0.25) is 0 Å². The number of nitrogens with zero attached hydrogens (tertiary/aromatic N) is 1. The summed E-state index contributed by atoms with van der Waals surface area (Å²) in [6.45, 7) is 10.4. The SMILES string of the molecule is CCCCCCCCCOC(=O)CCCCCN(CCCCCC(=O)OCCCCCCCCC)CCOCCOC. The van der Waals surface area contributed by atoms with E-state index in [9.17, 15) is 9.59 Å². The second kappa shape index (κ2) is 34.3. The standard InChI is InChI=1S/C35H69NO6/c1-4-6-8-10-12-14-22-29-41-34(37)24-18-16-20-26-36(28-31-40-33-32-39-3)27-21-17-19-25-35(38)42-30-23-15-13-11-9-7-5-2/h4-33H2,1-3H3. The molecule has 0 saturated heterocycles. The highest BCUT2D eigenvalue weighted by Crippen LogP contribution is 2.10. The van der Waals surface area contributed by atoms with Crippen molar-refractivity contribution in [1.82, 2.24) is 4.90 Å². The molecule has 0 rings (SSSR count). The van der Waals surface area contributed by atoms with Gasteiger partial charge in [-0.15, -0.1) is 0 Å². The molecule has 0 aliphatic rings. The van der Waals surface area contributed by atoms with Gasteiger partial charge in [-0.1, -0.05) is 104 Å². The van der Waals surface area contributed by atoms with Crippen LogP contribution >= 0.6 is 0 Å². The van der Waals surface area contributed by atoms with E-state index in [1.54, 1.807) is 7.11 Å². The van der Waals surface area contributed by atoms with E-state index < -0.39 is 0 Å². The van der Waals surface area contributed by atoms with Gasteiger partial charge >= 0.3 is 11.9 Å². The highest BCUT2D eigenvalue weighted by Gasteiger charge is 2.08. The van der Waals surface area contributed by atoms with E-state index in [2.05, 4.69) is 18.7 Å². The Morgan fingerprint density at radius 3 is 1.33 bits per heavy atom. The molecule has 0 aliphatic heterocycles. The minimum absolute atomic E-state index is 0.0506. The molecule has 0 saturated carbocycles. The van der Waals surface area contributed by atoms with Crippen molar-refractivity contribution in [3.05, 3.63) is 0 Å². The second-order valence-electron chi connectivity index (χ2n) is 11.8. The molecule has 0 fully saturated rings. The summed E-state index contributed by atoms with van der Waals surface area (Å²) in [6, 6.07) is 0. The summed E-state index contributed by atoms with van der Waals surface area (Å²) < 4.78 is 21.6. The summed E-state index contributed by atoms with van der Waals surface area (Å²) in [5, 5.41) is 0. The Kier molecular flexibility index (Phi) is 33.3. The van der Waals surface area contributed by atoms with Gasteiger partial charge in [0.05, 0.1) is 33.0 Å². The minimum Gasteiger partial charge on any atom is -0.466 e. The van der Waals surface area contributed by atoms with Gasteiger partial charge in [0, 0.05) is 26.5 Å². The topological polar surface area (TPSA) is 74.3 Å². The normalized spacial score (nSPS) is 11.3. The summed E-state index contributed by atoms with van der Waals surface area (Å²) in [4.78, 5) is 26.5. The van der Waals surface area contributed by atoms with E-state index in [1.807, 2.05) is 0 Å². The van der Waals surface area contributed by atoms with E-state index >= 15 is 0 Å². The van der Waals surface area contributed by atoms with Gasteiger partial charge in [0.15, 0.2) is 0 Å². The molecule has 0 amide bonds. The molecule has 0 atom stereocenters. The van der Waals surface area contributed by atoms with Crippen LogP contribution in [-0.2, 0) is 28.5 Å². The maximum absolute atomic E-state index is 12.0. The Labute approximate surface area is 260 Å². The zero-order valence-electron chi connectivity index (χ0n) is 28.1. The first kappa shape index (κ1) is 40.8. The second-order valence-corrected chi connectivity index (χ2v) is 11.8. The molecular weight excluding hydrogens is 530 g/mol. The average Bonchev–Trinajstić information content (AvgIpc) is 2.99. The first-order valence-electron chi connectivity index (χ1n) is 17.7. The Morgan fingerprint density at radius 1 is 0.452 bits per heavy atom. The quantitative estimate of drug-likeness (QED) is 0.0541. The molecule has 7 heteroatoms. The van der Waals surface area contributed by atoms with Crippen LogP contribution in [0.4, 0.5) is 0 Å². The van der Waals surface area contributed by atoms with Gasteiger partial charge in [-0.25, -0.2) is 0 Å². The highest BCUT2D eigenvalue weighted by molar-refractivity contribution is 5.69. The average molecular weight is 600 g/mol. The summed E-state index contributed by atoms with van der Waals surface area (Å²) in [5.74, 6) is -0.101. The van der Waals surface area contributed by atoms with Crippen LogP contribution in [0.25, 0.3) is 0 Å². The molecule has 0 aromatic carbocycles. The van der Waals surface area contributed by atoms with Crippen LogP contribution < -0.4 is 0 Å². The van der Waals surface area contributed by atoms with Gasteiger partial charge < -0.3 is 23.8 Å². The van der Waals surface area contributed by atoms with Gasteiger partial charge in [0.1, 0.15) is 0 Å². The lowest BCUT2D eigenvalue weighted by Crippen LogP contribution is -2.30. The number of hydrogen-bond acceptors (Lipinski definition) is 7. The summed E-state index contributed by atoms with van der Waals surface area (Å²) in [6.07, 6.45) is 24.2. The third kappa shape index (κ3) is 31.7. The fourth-order valence-electron chi connectivity index (χ4n) is 4.97. The van der Waals surface area contributed by atoms with E-state index in [0.29, 0.717) is 45.9 Å². The number of esters is 2. The van der Waals surface area contributed by atoms with Gasteiger partial charge in [0.2, 0.25) is 0 Å². The molecule has 42 heavy (non-hydrogen) atoms. The first-order valence-corrected chi connectivity index (χ1v) is 17.7. The van der Waals surface area contributed by atoms with Crippen molar-refractivity contribution >= 4 is 11.9 Å². The fourth-order valence-corrected chi connectivity index (χ4v) is 4.97. The van der Waals surface area contributed by atoms with Crippen molar-refractivity contribution in [3.8, 4) is 0 Å². The molecule has 0 bridgehead atoms. The van der Waals surface area contributed by atoms with Crippen molar-refractivity contribution in [2.45, 2.75) is 155 Å². The third-order valence-electron chi connectivity index (χ3n) is 7.72. The molecule has 250 valence electrons. The van der Waals surface area contributed by atoms with Crippen LogP contribution in [0.15, 0.2) is 0 Å².